The fourth-order valence-corrected chi connectivity index (χ4v) is 7.64. The summed E-state index contributed by atoms with van der Waals surface area (Å²) >= 11 is 1.40. The van der Waals surface area contributed by atoms with Crippen LogP contribution in [0.4, 0.5) is 5.69 Å². The van der Waals surface area contributed by atoms with E-state index in [1.807, 2.05) is 36.4 Å². The zero-order valence-electron chi connectivity index (χ0n) is 17.7. The average Bonchev–Trinajstić information content (AvgIpc) is 3.08. The van der Waals surface area contributed by atoms with Crippen LogP contribution < -0.4 is 15.8 Å². The van der Waals surface area contributed by atoms with Crippen molar-refractivity contribution >= 4 is 33.1 Å². The number of carbonyl (C=O) groups is 1. The Morgan fingerprint density at radius 2 is 1.71 bits per heavy atom. The number of rotatable bonds is 4. The lowest BCUT2D eigenvalue weighted by Crippen LogP contribution is -2.59. The maximum atomic E-state index is 13.3. The Hall–Kier alpha value is -2.60. The van der Waals surface area contributed by atoms with Crippen LogP contribution in [-0.4, -0.2) is 23.5 Å². The molecule has 3 aromatic rings. The summed E-state index contributed by atoms with van der Waals surface area (Å²) in [6, 6.07) is 11.8. The van der Waals surface area contributed by atoms with Crippen LogP contribution >= 0.6 is 11.3 Å². The van der Waals surface area contributed by atoms with E-state index in [-0.39, 0.29) is 11.4 Å². The van der Waals surface area contributed by atoms with Crippen molar-refractivity contribution in [2.45, 2.75) is 44.1 Å². The van der Waals surface area contributed by atoms with E-state index >= 15 is 0 Å². The van der Waals surface area contributed by atoms with E-state index in [0.29, 0.717) is 10.6 Å². The van der Waals surface area contributed by atoms with Gasteiger partial charge in [-0.15, -0.1) is 11.3 Å². The molecule has 4 bridgehead atoms. The second-order valence-corrected chi connectivity index (χ2v) is 10.8. The largest absolute Gasteiger partial charge is 0.497 e. The van der Waals surface area contributed by atoms with Gasteiger partial charge in [0.2, 0.25) is 0 Å². The summed E-state index contributed by atoms with van der Waals surface area (Å²) in [6.45, 7) is 0. The topological polar surface area (TPSA) is 77.2 Å². The number of fused-ring (bicyclic) bond motifs is 1. The molecule has 3 N–H and O–H groups in total. The van der Waals surface area contributed by atoms with Crippen molar-refractivity contribution in [3.8, 4) is 17.0 Å². The van der Waals surface area contributed by atoms with Gasteiger partial charge in [0.15, 0.2) is 0 Å². The number of benzene rings is 1. The van der Waals surface area contributed by atoms with E-state index in [4.69, 9.17) is 15.5 Å². The number of thiophene rings is 1. The van der Waals surface area contributed by atoms with Crippen LogP contribution in [0, 0.1) is 17.8 Å². The molecule has 2 heterocycles. The number of methoxy groups -OCH3 is 1. The van der Waals surface area contributed by atoms with Crippen LogP contribution in [-0.2, 0) is 0 Å². The first-order chi connectivity index (χ1) is 15.0. The SMILES string of the molecule is COc1ccc(-c2ccc3c(N)c(C(=O)NC45CC6CC(CC(C6)C4)C5)sc3n2)cc1. The van der Waals surface area contributed by atoms with Gasteiger partial charge >= 0.3 is 0 Å². The number of carbonyl (C=O) groups excluding carboxylic acids is 1. The highest BCUT2D eigenvalue weighted by Gasteiger charge is 2.51. The average molecular weight is 434 g/mol. The third-order valence-corrected chi connectivity index (χ3v) is 8.72. The molecule has 1 amide bonds. The van der Waals surface area contributed by atoms with Crippen molar-refractivity contribution in [1.29, 1.82) is 0 Å². The van der Waals surface area contributed by atoms with Crippen molar-refractivity contribution < 1.29 is 9.53 Å². The normalized spacial score (nSPS) is 28.7. The maximum Gasteiger partial charge on any atom is 0.264 e. The number of nitrogens with one attached hydrogen (secondary N) is 1. The molecule has 5 nitrogen and oxygen atoms in total. The minimum atomic E-state index is -0.0200. The summed E-state index contributed by atoms with van der Waals surface area (Å²) in [5.41, 5.74) is 8.83. The molecular weight excluding hydrogens is 406 g/mol. The van der Waals surface area contributed by atoms with Gasteiger partial charge < -0.3 is 15.8 Å². The summed E-state index contributed by atoms with van der Waals surface area (Å²) in [6.07, 6.45) is 7.48. The van der Waals surface area contributed by atoms with E-state index in [1.165, 1.54) is 30.6 Å². The molecule has 4 aliphatic rings. The van der Waals surface area contributed by atoms with Crippen LogP contribution in [0.15, 0.2) is 36.4 Å². The van der Waals surface area contributed by atoms with Gasteiger partial charge in [-0.3, -0.25) is 4.79 Å². The van der Waals surface area contributed by atoms with Gasteiger partial charge in [-0.2, -0.15) is 0 Å². The number of hydrogen-bond acceptors (Lipinski definition) is 5. The number of nitrogen functional groups attached to an aromatic ring is 1. The van der Waals surface area contributed by atoms with Crippen LogP contribution in [0.3, 0.4) is 0 Å². The van der Waals surface area contributed by atoms with Gasteiger partial charge in [0, 0.05) is 16.5 Å². The highest BCUT2D eigenvalue weighted by atomic mass is 32.1. The third kappa shape index (κ3) is 3.19. The van der Waals surface area contributed by atoms with Gasteiger partial charge in [0.25, 0.3) is 5.91 Å². The van der Waals surface area contributed by atoms with Crippen LogP contribution in [0.5, 0.6) is 5.75 Å². The lowest BCUT2D eigenvalue weighted by atomic mass is 9.53. The maximum absolute atomic E-state index is 13.3. The summed E-state index contributed by atoms with van der Waals surface area (Å²) in [5.74, 6) is 3.17. The Bertz CT molecular complexity index is 1130. The van der Waals surface area contributed by atoms with E-state index in [1.54, 1.807) is 7.11 Å². The molecule has 0 unspecified atom stereocenters. The molecule has 2 aromatic heterocycles. The molecule has 6 heteroatoms. The zero-order valence-corrected chi connectivity index (χ0v) is 18.5. The van der Waals surface area contributed by atoms with E-state index in [2.05, 4.69) is 5.32 Å². The summed E-state index contributed by atoms with van der Waals surface area (Å²) in [4.78, 5) is 19.5. The fourth-order valence-electron chi connectivity index (χ4n) is 6.65. The number of hydrogen-bond donors (Lipinski definition) is 2. The summed E-state index contributed by atoms with van der Waals surface area (Å²) < 4.78 is 5.24. The number of anilines is 1. The van der Waals surface area contributed by atoms with E-state index in [0.717, 1.165) is 64.2 Å². The third-order valence-electron chi connectivity index (χ3n) is 7.60. The van der Waals surface area contributed by atoms with Gasteiger partial charge in [-0.1, -0.05) is 0 Å². The van der Waals surface area contributed by atoms with Crippen LogP contribution in [0.1, 0.15) is 48.2 Å². The monoisotopic (exact) mass is 433 g/mol. The molecule has 31 heavy (non-hydrogen) atoms. The number of amides is 1. The lowest BCUT2D eigenvalue weighted by molar-refractivity contribution is -0.0166. The number of nitrogens with zero attached hydrogens (tertiary/aromatic N) is 1. The molecule has 4 fully saturated rings. The first-order valence-corrected chi connectivity index (χ1v) is 12.0. The Balaban J connectivity index is 1.29. The quantitative estimate of drug-likeness (QED) is 0.589. The Kier molecular flexibility index (Phi) is 4.29. The van der Waals surface area contributed by atoms with Crippen LogP contribution in [0.25, 0.3) is 21.5 Å². The second-order valence-electron chi connectivity index (χ2n) is 9.77. The molecule has 1 aromatic carbocycles. The Morgan fingerprint density at radius 3 is 2.32 bits per heavy atom. The molecule has 0 atom stereocenters. The molecular formula is C25H27N3O2S. The highest BCUT2D eigenvalue weighted by Crippen LogP contribution is 2.55. The van der Waals surface area contributed by atoms with Gasteiger partial charge in [0.1, 0.15) is 15.5 Å². The van der Waals surface area contributed by atoms with Gasteiger partial charge in [-0.05, 0) is 92.7 Å². The minimum absolute atomic E-state index is 0.0177. The first-order valence-electron chi connectivity index (χ1n) is 11.2. The Morgan fingerprint density at radius 1 is 1.06 bits per heavy atom. The predicted octanol–water partition coefficient (Wildman–Crippen LogP) is 5.25. The molecule has 0 aliphatic heterocycles. The smallest absolute Gasteiger partial charge is 0.264 e. The van der Waals surface area contributed by atoms with Gasteiger partial charge in [-0.25, -0.2) is 4.98 Å². The molecule has 160 valence electrons. The Labute approximate surface area is 186 Å². The minimum Gasteiger partial charge on any atom is -0.497 e. The first kappa shape index (κ1) is 19.1. The number of nitrogens with two attached hydrogens (primary N) is 1. The van der Waals surface area contributed by atoms with Crippen molar-refractivity contribution in [3.63, 3.8) is 0 Å². The fraction of sp³-hybridized carbons (Fsp3) is 0.440. The van der Waals surface area contributed by atoms with Crippen molar-refractivity contribution in [3.05, 3.63) is 41.3 Å². The molecule has 0 spiro atoms. The summed E-state index contributed by atoms with van der Waals surface area (Å²) in [7, 11) is 1.66. The molecule has 4 aliphatic carbocycles. The van der Waals surface area contributed by atoms with E-state index in [9.17, 15) is 4.79 Å². The molecule has 4 saturated carbocycles. The summed E-state index contributed by atoms with van der Waals surface area (Å²) in [5, 5.41) is 4.31. The van der Waals surface area contributed by atoms with Crippen molar-refractivity contribution in [1.82, 2.24) is 10.3 Å². The van der Waals surface area contributed by atoms with Crippen molar-refractivity contribution in [2.24, 2.45) is 17.8 Å². The van der Waals surface area contributed by atoms with Crippen molar-refractivity contribution in [2.75, 3.05) is 12.8 Å². The van der Waals surface area contributed by atoms with Crippen LogP contribution in [0.2, 0.25) is 0 Å². The second kappa shape index (κ2) is 6.95. The molecule has 0 radical (unpaired) electrons. The van der Waals surface area contributed by atoms with Gasteiger partial charge in [0.05, 0.1) is 18.5 Å². The predicted molar refractivity (Wildman–Crippen MR) is 124 cm³/mol. The lowest BCUT2D eigenvalue weighted by Gasteiger charge is -2.56. The molecule has 0 saturated heterocycles. The standard InChI is InChI=1S/C25H27N3O2S/c1-30-18-4-2-17(3-5-18)20-7-6-19-21(26)22(31-24(19)27-20)23(29)28-25-11-14-8-15(12-25)10-16(9-14)13-25/h2-7,14-16H,8-13,26H2,1H3,(H,28,29). The zero-order chi connectivity index (χ0) is 21.2. The highest BCUT2D eigenvalue weighted by molar-refractivity contribution is 7.21. The van der Waals surface area contributed by atoms with E-state index < -0.39 is 0 Å². The number of ether oxygens (including phenoxy) is 1. The molecule has 7 rings (SSSR count). The number of pyridine rings is 1. The number of aromatic nitrogens is 1.